The molecule has 0 saturated heterocycles. The number of carbonyl (C=O) groups is 1. The van der Waals surface area contributed by atoms with E-state index in [0.29, 0.717) is 18.1 Å². The summed E-state index contributed by atoms with van der Waals surface area (Å²) in [6, 6.07) is 9.65. The smallest absolute Gasteiger partial charge is 0.144 e. The lowest BCUT2D eigenvalue weighted by molar-refractivity contribution is -0.123. The fourth-order valence-electron chi connectivity index (χ4n) is 2.41. The molecular formula is C16H14ClNO2. The number of pyridine rings is 1. The first kappa shape index (κ1) is 13.1. The molecule has 2 heterocycles. The van der Waals surface area contributed by atoms with Crippen LogP contribution in [0.15, 0.2) is 42.7 Å². The Morgan fingerprint density at radius 2 is 2.20 bits per heavy atom. The number of hydrogen-bond acceptors (Lipinski definition) is 3. The summed E-state index contributed by atoms with van der Waals surface area (Å²) in [6.07, 6.45) is 4.28. The summed E-state index contributed by atoms with van der Waals surface area (Å²) < 4.78 is 5.66. The van der Waals surface area contributed by atoms with Gasteiger partial charge in [0.05, 0.1) is 17.5 Å². The Balaban J connectivity index is 1.72. The second-order valence-electron chi connectivity index (χ2n) is 4.93. The van der Waals surface area contributed by atoms with Gasteiger partial charge in [0.2, 0.25) is 0 Å². The molecule has 0 aliphatic carbocycles. The van der Waals surface area contributed by atoms with Crippen LogP contribution in [0.4, 0.5) is 0 Å². The highest BCUT2D eigenvalue weighted by molar-refractivity contribution is 6.31. The zero-order valence-corrected chi connectivity index (χ0v) is 11.6. The van der Waals surface area contributed by atoms with Gasteiger partial charge in [0.25, 0.3) is 0 Å². The van der Waals surface area contributed by atoms with Gasteiger partial charge in [0, 0.05) is 18.8 Å². The first-order valence-corrected chi connectivity index (χ1v) is 6.93. The molecule has 3 nitrogen and oxygen atoms in total. The summed E-state index contributed by atoms with van der Waals surface area (Å²) in [4.78, 5) is 16.3. The van der Waals surface area contributed by atoms with Gasteiger partial charge in [0.1, 0.15) is 11.5 Å². The van der Waals surface area contributed by atoms with E-state index in [1.807, 2.05) is 24.3 Å². The molecular weight excluding hydrogens is 274 g/mol. The number of ether oxygens (including phenoxy) is 1. The Morgan fingerprint density at radius 3 is 3.05 bits per heavy atom. The lowest BCUT2D eigenvalue weighted by Crippen LogP contribution is -2.29. The maximum atomic E-state index is 12.4. The van der Waals surface area contributed by atoms with Crippen LogP contribution < -0.4 is 4.74 Å². The van der Waals surface area contributed by atoms with Crippen molar-refractivity contribution in [1.82, 2.24) is 4.98 Å². The average Bonchev–Trinajstić information content (AvgIpc) is 2.49. The van der Waals surface area contributed by atoms with Gasteiger partial charge in [-0.2, -0.15) is 0 Å². The van der Waals surface area contributed by atoms with Crippen LogP contribution in [-0.4, -0.2) is 17.4 Å². The first-order chi connectivity index (χ1) is 9.74. The predicted octanol–water partition coefficient (Wildman–Crippen LogP) is 3.10. The highest BCUT2D eigenvalue weighted by Crippen LogP contribution is 2.28. The molecule has 0 spiro atoms. The largest absolute Gasteiger partial charge is 0.493 e. The predicted molar refractivity (Wildman–Crippen MR) is 77.1 cm³/mol. The number of fused-ring (bicyclic) bond motifs is 1. The van der Waals surface area contributed by atoms with Crippen LogP contribution >= 0.6 is 11.6 Å². The molecule has 3 rings (SSSR count). The topological polar surface area (TPSA) is 39.2 Å². The summed E-state index contributed by atoms with van der Waals surface area (Å²) in [5.74, 6) is 0.945. The van der Waals surface area contributed by atoms with E-state index in [0.717, 1.165) is 23.3 Å². The molecule has 2 aromatic rings. The highest BCUT2D eigenvalue weighted by atomic mass is 35.5. The average molecular weight is 288 g/mol. The SMILES string of the molecule is O=C(Cc1ccncc1Cl)C1COc2ccccc2C1. The molecule has 1 aliphatic rings. The van der Waals surface area contributed by atoms with Crippen molar-refractivity contribution in [3.05, 3.63) is 58.9 Å². The van der Waals surface area contributed by atoms with Crippen LogP contribution in [0.2, 0.25) is 5.02 Å². The van der Waals surface area contributed by atoms with E-state index >= 15 is 0 Å². The third-order valence-corrected chi connectivity index (χ3v) is 3.90. The second kappa shape index (κ2) is 5.63. The molecule has 1 aromatic carbocycles. The van der Waals surface area contributed by atoms with Crippen molar-refractivity contribution in [2.24, 2.45) is 5.92 Å². The van der Waals surface area contributed by atoms with Crippen LogP contribution in [0.1, 0.15) is 11.1 Å². The van der Waals surface area contributed by atoms with Crippen molar-refractivity contribution in [3.8, 4) is 5.75 Å². The molecule has 1 atom stereocenters. The van der Waals surface area contributed by atoms with E-state index in [-0.39, 0.29) is 11.7 Å². The number of Topliss-reactive ketones (excluding diaryl/α,β-unsaturated/α-hetero) is 1. The van der Waals surface area contributed by atoms with E-state index in [9.17, 15) is 4.79 Å². The van der Waals surface area contributed by atoms with E-state index in [2.05, 4.69) is 4.98 Å². The van der Waals surface area contributed by atoms with Gasteiger partial charge < -0.3 is 4.74 Å². The van der Waals surface area contributed by atoms with Gasteiger partial charge in [-0.25, -0.2) is 0 Å². The molecule has 0 saturated carbocycles. The Morgan fingerprint density at radius 1 is 1.35 bits per heavy atom. The van der Waals surface area contributed by atoms with Crippen molar-refractivity contribution in [2.45, 2.75) is 12.8 Å². The standard InChI is InChI=1S/C16H14ClNO2/c17-14-9-18-6-5-11(14)8-15(19)13-7-12-3-1-2-4-16(12)20-10-13/h1-6,9,13H,7-8,10H2. The molecule has 1 aromatic heterocycles. The maximum absolute atomic E-state index is 12.4. The highest BCUT2D eigenvalue weighted by Gasteiger charge is 2.25. The minimum Gasteiger partial charge on any atom is -0.493 e. The van der Waals surface area contributed by atoms with Gasteiger partial charge in [0.15, 0.2) is 0 Å². The molecule has 1 unspecified atom stereocenters. The van der Waals surface area contributed by atoms with Crippen LogP contribution in [0.3, 0.4) is 0 Å². The summed E-state index contributed by atoms with van der Waals surface area (Å²) >= 11 is 6.04. The summed E-state index contributed by atoms with van der Waals surface area (Å²) in [5, 5.41) is 0.540. The molecule has 0 N–H and O–H groups in total. The molecule has 102 valence electrons. The number of aromatic nitrogens is 1. The molecule has 4 heteroatoms. The van der Waals surface area contributed by atoms with Gasteiger partial charge in [-0.1, -0.05) is 29.8 Å². The fraction of sp³-hybridized carbons (Fsp3) is 0.250. The number of rotatable bonds is 3. The molecule has 0 radical (unpaired) electrons. The first-order valence-electron chi connectivity index (χ1n) is 6.56. The number of nitrogens with zero attached hydrogens (tertiary/aromatic N) is 1. The minimum atomic E-state index is -0.103. The third-order valence-electron chi connectivity index (χ3n) is 3.56. The van der Waals surface area contributed by atoms with E-state index < -0.39 is 0 Å². The van der Waals surface area contributed by atoms with Gasteiger partial charge in [-0.15, -0.1) is 0 Å². The number of carbonyl (C=O) groups excluding carboxylic acids is 1. The van der Waals surface area contributed by atoms with E-state index in [4.69, 9.17) is 16.3 Å². The van der Waals surface area contributed by atoms with Crippen LogP contribution in [-0.2, 0) is 17.6 Å². The third kappa shape index (κ3) is 2.68. The number of para-hydroxylation sites is 1. The maximum Gasteiger partial charge on any atom is 0.144 e. The molecule has 0 bridgehead atoms. The quantitative estimate of drug-likeness (QED) is 0.871. The Labute approximate surface area is 122 Å². The molecule has 0 fully saturated rings. The summed E-state index contributed by atoms with van der Waals surface area (Å²) in [7, 11) is 0. The van der Waals surface area contributed by atoms with Crippen molar-refractivity contribution >= 4 is 17.4 Å². The van der Waals surface area contributed by atoms with E-state index in [1.165, 1.54) is 0 Å². The minimum absolute atomic E-state index is 0.103. The van der Waals surface area contributed by atoms with Crippen LogP contribution in [0, 0.1) is 5.92 Å². The Kier molecular flexibility index (Phi) is 3.70. The fourth-order valence-corrected chi connectivity index (χ4v) is 2.60. The van der Waals surface area contributed by atoms with Gasteiger partial charge in [-0.3, -0.25) is 9.78 Å². The van der Waals surface area contributed by atoms with Crippen molar-refractivity contribution in [2.75, 3.05) is 6.61 Å². The van der Waals surface area contributed by atoms with Gasteiger partial charge in [-0.05, 0) is 29.7 Å². The summed E-state index contributed by atoms with van der Waals surface area (Å²) in [6.45, 7) is 0.443. The number of ketones is 1. The molecule has 20 heavy (non-hydrogen) atoms. The normalized spacial score (nSPS) is 17.1. The zero-order valence-electron chi connectivity index (χ0n) is 10.9. The summed E-state index contributed by atoms with van der Waals surface area (Å²) in [5.41, 5.74) is 1.92. The lowest BCUT2D eigenvalue weighted by Gasteiger charge is -2.24. The number of benzene rings is 1. The van der Waals surface area contributed by atoms with Crippen molar-refractivity contribution < 1.29 is 9.53 Å². The monoisotopic (exact) mass is 287 g/mol. The lowest BCUT2D eigenvalue weighted by atomic mass is 9.90. The Bertz CT molecular complexity index is 642. The van der Waals surface area contributed by atoms with Crippen molar-refractivity contribution in [1.29, 1.82) is 0 Å². The van der Waals surface area contributed by atoms with Crippen LogP contribution in [0.5, 0.6) is 5.75 Å². The van der Waals surface area contributed by atoms with E-state index in [1.54, 1.807) is 18.5 Å². The molecule has 1 aliphatic heterocycles. The number of halogens is 1. The second-order valence-corrected chi connectivity index (χ2v) is 5.34. The van der Waals surface area contributed by atoms with Crippen molar-refractivity contribution in [3.63, 3.8) is 0 Å². The molecule has 0 amide bonds. The number of hydrogen-bond donors (Lipinski definition) is 0. The van der Waals surface area contributed by atoms with Gasteiger partial charge >= 0.3 is 0 Å². The zero-order chi connectivity index (χ0) is 13.9. The Hall–Kier alpha value is -1.87. The van der Waals surface area contributed by atoms with Crippen LogP contribution in [0.25, 0.3) is 0 Å².